The van der Waals surface area contributed by atoms with Crippen LogP contribution in [0.25, 0.3) is 11.8 Å². The van der Waals surface area contributed by atoms with Gasteiger partial charge in [0.25, 0.3) is 0 Å². The van der Waals surface area contributed by atoms with Gasteiger partial charge < -0.3 is 15.2 Å². The zero-order valence-electron chi connectivity index (χ0n) is 15.4. The first-order chi connectivity index (χ1) is 13.0. The van der Waals surface area contributed by atoms with Gasteiger partial charge in [-0.15, -0.1) is 0 Å². The number of aromatic nitrogens is 2. The number of allylic oxidation sites excluding steroid dienone is 1. The van der Waals surface area contributed by atoms with E-state index in [1.807, 2.05) is 56.3 Å². The Kier molecular flexibility index (Phi) is 5.26. The highest BCUT2D eigenvalue weighted by Crippen LogP contribution is 2.28. The summed E-state index contributed by atoms with van der Waals surface area (Å²) in [5, 5.41) is 17.4. The Morgan fingerprint density at radius 2 is 2.00 bits per heavy atom. The van der Waals surface area contributed by atoms with Gasteiger partial charge in [0.15, 0.2) is 0 Å². The van der Waals surface area contributed by atoms with Gasteiger partial charge in [0.1, 0.15) is 11.6 Å². The third-order valence-electron chi connectivity index (χ3n) is 4.13. The number of benzene rings is 2. The molecule has 6 heteroatoms. The van der Waals surface area contributed by atoms with Crippen LogP contribution in [0.15, 0.2) is 54.6 Å². The molecule has 0 bridgehead atoms. The van der Waals surface area contributed by atoms with E-state index in [-0.39, 0.29) is 5.56 Å². The predicted octanol–water partition coefficient (Wildman–Crippen LogP) is 4.66. The first-order valence-corrected chi connectivity index (χ1v) is 8.50. The Labute approximate surface area is 157 Å². The number of carbonyl (C=O) groups is 1. The summed E-state index contributed by atoms with van der Waals surface area (Å²) < 4.78 is 6.92. The molecular formula is C21H21N3O3. The van der Waals surface area contributed by atoms with Gasteiger partial charge in [-0.2, -0.15) is 5.10 Å². The minimum absolute atomic E-state index is 0.125. The quantitative estimate of drug-likeness (QED) is 0.666. The highest BCUT2D eigenvalue weighted by atomic mass is 16.5. The lowest BCUT2D eigenvalue weighted by Gasteiger charge is -2.14. The normalized spacial score (nSPS) is 10.9. The number of aromatic carboxylic acids is 1. The van der Waals surface area contributed by atoms with Crippen LogP contribution in [-0.2, 0) is 0 Å². The largest absolute Gasteiger partial charge is 0.497 e. The summed E-state index contributed by atoms with van der Waals surface area (Å²) in [6.07, 6.45) is 3.80. The molecule has 6 nitrogen and oxygen atoms in total. The first kappa shape index (κ1) is 18.3. The molecule has 0 fully saturated rings. The molecule has 1 aromatic heterocycles. The van der Waals surface area contributed by atoms with Gasteiger partial charge >= 0.3 is 5.97 Å². The summed E-state index contributed by atoms with van der Waals surface area (Å²) in [6.45, 7) is 3.93. The first-order valence-electron chi connectivity index (χ1n) is 8.50. The molecule has 0 amide bonds. The van der Waals surface area contributed by atoms with E-state index in [1.165, 1.54) is 13.2 Å². The number of carboxylic acids is 1. The van der Waals surface area contributed by atoms with Gasteiger partial charge in [-0.05, 0) is 49.8 Å². The van der Waals surface area contributed by atoms with E-state index >= 15 is 0 Å². The fourth-order valence-corrected chi connectivity index (χ4v) is 2.80. The molecule has 0 atom stereocenters. The zero-order chi connectivity index (χ0) is 19.4. The molecule has 3 aromatic rings. The lowest BCUT2D eigenvalue weighted by molar-refractivity contribution is 0.0697. The van der Waals surface area contributed by atoms with E-state index in [2.05, 4.69) is 10.4 Å². The van der Waals surface area contributed by atoms with Gasteiger partial charge in [-0.1, -0.05) is 24.3 Å². The number of para-hydroxylation sites is 1. The van der Waals surface area contributed by atoms with Crippen molar-refractivity contribution in [3.63, 3.8) is 0 Å². The molecular weight excluding hydrogens is 342 g/mol. The van der Waals surface area contributed by atoms with E-state index in [4.69, 9.17) is 4.74 Å². The van der Waals surface area contributed by atoms with Crippen LogP contribution < -0.4 is 10.1 Å². The van der Waals surface area contributed by atoms with Crippen molar-refractivity contribution in [3.05, 3.63) is 71.4 Å². The summed E-state index contributed by atoms with van der Waals surface area (Å²) >= 11 is 0. The van der Waals surface area contributed by atoms with Crippen molar-refractivity contribution in [2.24, 2.45) is 0 Å². The molecule has 0 unspecified atom stereocenters. The SMILES string of the molecule is C/C=C/c1cc(Nc2ccc(OC)cc2C(=O)O)n(-c2ccccc2C)n1. The molecule has 3 rings (SSSR count). The number of hydrogen-bond donors (Lipinski definition) is 2. The fourth-order valence-electron chi connectivity index (χ4n) is 2.80. The van der Waals surface area contributed by atoms with E-state index in [9.17, 15) is 9.90 Å². The molecule has 0 aliphatic carbocycles. The Hall–Kier alpha value is -3.54. The molecule has 0 saturated heterocycles. The van der Waals surface area contributed by atoms with E-state index < -0.39 is 5.97 Å². The van der Waals surface area contributed by atoms with Gasteiger partial charge in [-0.3, -0.25) is 0 Å². The summed E-state index contributed by atoms with van der Waals surface area (Å²) in [4.78, 5) is 11.7. The lowest BCUT2D eigenvalue weighted by atomic mass is 10.1. The molecule has 0 saturated carbocycles. The molecule has 27 heavy (non-hydrogen) atoms. The van der Waals surface area contributed by atoms with E-state index in [0.717, 1.165) is 16.9 Å². The highest BCUT2D eigenvalue weighted by Gasteiger charge is 2.16. The third-order valence-corrected chi connectivity index (χ3v) is 4.13. The number of anilines is 2. The van der Waals surface area contributed by atoms with Crippen LogP contribution in [0.2, 0.25) is 0 Å². The number of methoxy groups -OCH3 is 1. The Morgan fingerprint density at radius 1 is 1.22 bits per heavy atom. The van der Waals surface area contributed by atoms with Crippen LogP contribution in [0.3, 0.4) is 0 Å². The Bertz CT molecular complexity index is 1010. The third kappa shape index (κ3) is 3.84. The molecule has 0 spiro atoms. The van der Waals surface area contributed by atoms with Crippen LogP contribution in [0.5, 0.6) is 5.75 Å². The minimum Gasteiger partial charge on any atom is -0.497 e. The number of carboxylic acid groups (broad SMARTS) is 1. The standard InChI is InChI=1S/C21H21N3O3/c1-4-7-15-12-20(24(23-15)19-9-6-5-8-14(19)2)22-18-11-10-16(27-3)13-17(18)21(25)26/h4-13,22H,1-3H3,(H,25,26)/b7-4+. The van der Waals surface area contributed by atoms with Crippen molar-refractivity contribution >= 4 is 23.6 Å². The van der Waals surface area contributed by atoms with Crippen molar-refractivity contribution in [3.8, 4) is 11.4 Å². The number of nitrogens with zero attached hydrogens (tertiary/aromatic N) is 2. The number of rotatable bonds is 6. The second-order valence-electron chi connectivity index (χ2n) is 5.99. The Morgan fingerprint density at radius 3 is 2.67 bits per heavy atom. The number of ether oxygens (including phenoxy) is 1. The van der Waals surface area contributed by atoms with E-state index in [1.54, 1.807) is 16.8 Å². The Balaban J connectivity index is 2.10. The molecule has 2 N–H and O–H groups in total. The lowest BCUT2D eigenvalue weighted by Crippen LogP contribution is -2.07. The molecule has 2 aromatic carbocycles. The smallest absolute Gasteiger partial charge is 0.337 e. The monoisotopic (exact) mass is 363 g/mol. The van der Waals surface area contributed by atoms with Crippen molar-refractivity contribution < 1.29 is 14.6 Å². The zero-order valence-corrected chi connectivity index (χ0v) is 15.4. The van der Waals surface area contributed by atoms with Gasteiger partial charge in [0.2, 0.25) is 0 Å². The van der Waals surface area contributed by atoms with E-state index in [0.29, 0.717) is 17.3 Å². The summed E-state index contributed by atoms with van der Waals surface area (Å²) in [5.41, 5.74) is 3.34. The second kappa shape index (κ2) is 7.78. The fraction of sp³-hybridized carbons (Fsp3) is 0.143. The van der Waals surface area contributed by atoms with Gasteiger partial charge in [0.05, 0.1) is 29.7 Å². The van der Waals surface area contributed by atoms with Gasteiger partial charge in [-0.25, -0.2) is 9.48 Å². The second-order valence-corrected chi connectivity index (χ2v) is 5.99. The number of nitrogens with one attached hydrogen (secondary N) is 1. The minimum atomic E-state index is -1.04. The molecule has 138 valence electrons. The maximum Gasteiger partial charge on any atom is 0.337 e. The maximum absolute atomic E-state index is 11.7. The van der Waals surface area contributed by atoms with Gasteiger partial charge in [0, 0.05) is 6.07 Å². The molecule has 1 heterocycles. The van der Waals surface area contributed by atoms with Crippen molar-refractivity contribution in [2.45, 2.75) is 13.8 Å². The van der Waals surface area contributed by atoms with Crippen LogP contribution in [0.4, 0.5) is 11.5 Å². The summed E-state index contributed by atoms with van der Waals surface area (Å²) in [5.74, 6) is 0.122. The summed E-state index contributed by atoms with van der Waals surface area (Å²) in [6, 6.07) is 14.7. The number of hydrogen-bond acceptors (Lipinski definition) is 4. The molecule has 0 radical (unpaired) electrons. The van der Waals surface area contributed by atoms with Crippen LogP contribution in [-0.4, -0.2) is 28.0 Å². The van der Waals surface area contributed by atoms with Crippen molar-refractivity contribution in [1.29, 1.82) is 0 Å². The van der Waals surface area contributed by atoms with Crippen molar-refractivity contribution in [2.75, 3.05) is 12.4 Å². The average molecular weight is 363 g/mol. The van der Waals surface area contributed by atoms with Crippen molar-refractivity contribution in [1.82, 2.24) is 9.78 Å². The maximum atomic E-state index is 11.7. The van der Waals surface area contributed by atoms with Crippen LogP contribution >= 0.6 is 0 Å². The predicted molar refractivity (Wildman–Crippen MR) is 106 cm³/mol. The topological polar surface area (TPSA) is 76.4 Å². The van der Waals surface area contributed by atoms with Crippen LogP contribution in [0, 0.1) is 6.92 Å². The summed E-state index contributed by atoms with van der Waals surface area (Å²) in [7, 11) is 1.50. The highest BCUT2D eigenvalue weighted by molar-refractivity contribution is 5.95. The molecule has 0 aliphatic rings. The average Bonchev–Trinajstić information content (AvgIpc) is 3.04. The van der Waals surface area contributed by atoms with Crippen LogP contribution in [0.1, 0.15) is 28.5 Å². The number of aryl methyl sites for hydroxylation is 1. The molecule has 0 aliphatic heterocycles.